The minimum Gasteiger partial charge on any atom is -0.489 e. The second-order valence-corrected chi connectivity index (χ2v) is 11.6. The van der Waals surface area contributed by atoms with Crippen molar-refractivity contribution in [2.45, 2.75) is 39.3 Å². The molecule has 4 aromatic carbocycles. The molecule has 5 heteroatoms. The van der Waals surface area contributed by atoms with Gasteiger partial charge < -0.3 is 10.1 Å². The van der Waals surface area contributed by atoms with Gasteiger partial charge in [-0.15, -0.1) is 0 Å². The van der Waals surface area contributed by atoms with Crippen LogP contribution in [0.3, 0.4) is 0 Å². The molecule has 0 saturated carbocycles. The monoisotopic (exact) mass is 527 g/mol. The van der Waals surface area contributed by atoms with E-state index in [9.17, 15) is 4.79 Å². The fraction of sp³-hybridized carbons (Fsp3) is 0.219. The summed E-state index contributed by atoms with van der Waals surface area (Å²) in [6.07, 6.45) is 1.40. The first-order valence-electron chi connectivity index (χ1n) is 12.5. The maximum atomic E-state index is 13.7. The second-order valence-electron chi connectivity index (χ2n) is 10.7. The number of Topliss-reactive ketones (excluding diaryl/α,β-unsaturated/α-hetero) is 1. The molecule has 0 saturated heterocycles. The van der Waals surface area contributed by atoms with Crippen molar-refractivity contribution in [3.05, 3.63) is 111 Å². The van der Waals surface area contributed by atoms with E-state index in [0.717, 1.165) is 45.7 Å². The molecule has 37 heavy (non-hydrogen) atoms. The molecule has 3 nitrogen and oxygen atoms in total. The number of carbonyl (C=O) groups excluding carboxylic acids is 1. The number of hydrogen-bond acceptors (Lipinski definition) is 3. The maximum absolute atomic E-state index is 13.7. The summed E-state index contributed by atoms with van der Waals surface area (Å²) in [5.74, 6) is 0.932. The number of halogens is 2. The Morgan fingerprint density at radius 2 is 1.78 bits per heavy atom. The largest absolute Gasteiger partial charge is 0.489 e. The van der Waals surface area contributed by atoms with E-state index >= 15 is 0 Å². The molecule has 1 aliphatic carbocycles. The molecule has 2 aliphatic rings. The first-order chi connectivity index (χ1) is 17.8. The van der Waals surface area contributed by atoms with Gasteiger partial charge in [-0.2, -0.15) is 0 Å². The minimum absolute atomic E-state index is 0.0885. The van der Waals surface area contributed by atoms with Crippen molar-refractivity contribution in [2.24, 2.45) is 5.41 Å². The number of benzene rings is 4. The van der Waals surface area contributed by atoms with E-state index in [-0.39, 0.29) is 17.2 Å². The zero-order valence-electron chi connectivity index (χ0n) is 20.8. The topological polar surface area (TPSA) is 38.3 Å². The molecule has 0 aromatic heterocycles. The third-order valence-electron chi connectivity index (χ3n) is 7.34. The lowest BCUT2D eigenvalue weighted by atomic mass is 9.68. The van der Waals surface area contributed by atoms with Gasteiger partial charge in [-0.1, -0.05) is 85.6 Å². The lowest BCUT2D eigenvalue weighted by Gasteiger charge is -2.40. The Labute approximate surface area is 227 Å². The van der Waals surface area contributed by atoms with E-state index in [0.29, 0.717) is 23.1 Å². The molecular weight excluding hydrogens is 501 g/mol. The van der Waals surface area contributed by atoms with Crippen LogP contribution >= 0.6 is 23.2 Å². The van der Waals surface area contributed by atoms with E-state index < -0.39 is 0 Å². The summed E-state index contributed by atoms with van der Waals surface area (Å²) in [5.41, 5.74) is 6.04. The molecule has 186 valence electrons. The Hall–Kier alpha value is -3.27. The van der Waals surface area contributed by atoms with Crippen molar-refractivity contribution in [1.29, 1.82) is 0 Å². The van der Waals surface area contributed by atoms with E-state index in [1.54, 1.807) is 12.1 Å². The molecule has 0 bridgehead atoms. The predicted molar refractivity (Wildman–Crippen MR) is 152 cm³/mol. The van der Waals surface area contributed by atoms with Crippen LogP contribution in [-0.2, 0) is 11.4 Å². The summed E-state index contributed by atoms with van der Waals surface area (Å²) in [5, 5.41) is 7.24. The number of carbonyl (C=O) groups is 1. The van der Waals surface area contributed by atoms with Gasteiger partial charge in [0.05, 0.1) is 6.04 Å². The van der Waals surface area contributed by atoms with Crippen LogP contribution in [0.5, 0.6) is 5.75 Å². The third-order valence-corrected chi connectivity index (χ3v) is 7.93. The van der Waals surface area contributed by atoms with Crippen LogP contribution in [-0.4, -0.2) is 5.78 Å². The highest BCUT2D eigenvalue weighted by Crippen LogP contribution is 2.52. The summed E-state index contributed by atoms with van der Waals surface area (Å²) in [4.78, 5) is 13.7. The Morgan fingerprint density at radius 3 is 2.62 bits per heavy atom. The van der Waals surface area contributed by atoms with Crippen molar-refractivity contribution >= 4 is 51.0 Å². The molecule has 1 N–H and O–H groups in total. The lowest BCUT2D eigenvalue weighted by molar-refractivity contribution is -0.118. The lowest BCUT2D eigenvalue weighted by Crippen LogP contribution is -2.33. The van der Waals surface area contributed by atoms with Gasteiger partial charge in [0.25, 0.3) is 0 Å². The van der Waals surface area contributed by atoms with E-state index in [4.69, 9.17) is 27.9 Å². The Bertz CT molecular complexity index is 1590. The molecule has 1 aliphatic heterocycles. The minimum atomic E-state index is -0.241. The number of anilines is 1. The maximum Gasteiger partial charge on any atom is 0.162 e. The van der Waals surface area contributed by atoms with E-state index in [1.807, 2.05) is 24.3 Å². The summed E-state index contributed by atoms with van der Waals surface area (Å²) in [6, 6.07) is 25.8. The predicted octanol–water partition coefficient (Wildman–Crippen LogP) is 9.04. The van der Waals surface area contributed by atoms with Crippen LogP contribution in [0.2, 0.25) is 10.0 Å². The molecule has 1 unspecified atom stereocenters. The van der Waals surface area contributed by atoms with Gasteiger partial charge in [-0.05, 0) is 64.1 Å². The summed E-state index contributed by atoms with van der Waals surface area (Å²) >= 11 is 12.4. The first-order valence-corrected chi connectivity index (χ1v) is 13.3. The molecule has 0 amide bonds. The Balaban J connectivity index is 1.41. The number of rotatable bonds is 4. The number of hydrogen-bond donors (Lipinski definition) is 1. The molecule has 0 fully saturated rings. The SMILES string of the molecule is CC1(C)CC(=O)C2=C(C1)c1c(ccc3ccccc13)NC2c1cccc(OCc2ccc(Cl)cc2Cl)c1. The van der Waals surface area contributed by atoms with Gasteiger partial charge in [-0.3, -0.25) is 4.79 Å². The highest BCUT2D eigenvalue weighted by molar-refractivity contribution is 6.35. The number of ketones is 1. The fourth-order valence-corrected chi connectivity index (χ4v) is 6.13. The van der Waals surface area contributed by atoms with Crippen molar-refractivity contribution in [1.82, 2.24) is 0 Å². The molecular formula is C32H27Cl2NO2. The van der Waals surface area contributed by atoms with Crippen molar-refractivity contribution in [3.8, 4) is 5.75 Å². The first kappa shape index (κ1) is 24.1. The van der Waals surface area contributed by atoms with Gasteiger partial charge in [0.15, 0.2) is 5.78 Å². The van der Waals surface area contributed by atoms with E-state index in [2.05, 4.69) is 61.6 Å². The molecule has 6 rings (SSSR count). The van der Waals surface area contributed by atoms with Crippen LogP contribution in [0.1, 0.15) is 49.4 Å². The molecule has 4 aromatic rings. The second kappa shape index (κ2) is 9.24. The Kier molecular flexibility index (Phi) is 6.01. The molecule has 0 spiro atoms. The van der Waals surface area contributed by atoms with Crippen LogP contribution in [0.4, 0.5) is 5.69 Å². The zero-order chi connectivity index (χ0) is 25.7. The summed E-state index contributed by atoms with van der Waals surface area (Å²) < 4.78 is 6.11. The number of ether oxygens (including phenoxy) is 1. The van der Waals surface area contributed by atoms with Gasteiger partial charge in [0.1, 0.15) is 12.4 Å². The van der Waals surface area contributed by atoms with Gasteiger partial charge >= 0.3 is 0 Å². The Morgan fingerprint density at radius 1 is 0.946 bits per heavy atom. The van der Waals surface area contributed by atoms with Crippen LogP contribution in [0.15, 0.2) is 84.4 Å². The zero-order valence-corrected chi connectivity index (χ0v) is 22.3. The summed E-state index contributed by atoms with van der Waals surface area (Å²) in [6.45, 7) is 4.70. The molecule has 1 heterocycles. The fourth-order valence-electron chi connectivity index (χ4n) is 5.67. The average Bonchev–Trinajstić information content (AvgIpc) is 2.87. The highest BCUT2D eigenvalue weighted by atomic mass is 35.5. The number of nitrogens with one attached hydrogen (secondary N) is 1. The van der Waals surface area contributed by atoms with Gasteiger partial charge in [0.2, 0.25) is 0 Å². The molecule has 1 atom stereocenters. The van der Waals surface area contributed by atoms with Crippen molar-refractivity contribution < 1.29 is 9.53 Å². The quantitative estimate of drug-likeness (QED) is 0.287. The number of fused-ring (bicyclic) bond motifs is 4. The normalized spacial score (nSPS) is 18.3. The average molecular weight is 528 g/mol. The van der Waals surface area contributed by atoms with Crippen LogP contribution in [0, 0.1) is 5.41 Å². The van der Waals surface area contributed by atoms with E-state index in [1.165, 1.54) is 10.8 Å². The highest BCUT2D eigenvalue weighted by Gasteiger charge is 2.40. The summed E-state index contributed by atoms with van der Waals surface area (Å²) in [7, 11) is 0. The van der Waals surface area contributed by atoms with Crippen LogP contribution < -0.4 is 10.1 Å². The van der Waals surface area contributed by atoms with Crippen molar-refractivity contribution in [2.75, 3.05) is 5.32 Å². The van der Waals surface area contributed by atoms with Crippen LogP contribution in [0.25, 0.3) is 16.3 Å². The number of allylic oxidation sites excluding steroid dienone is 1. The van der Waals surface area contributed by atoms with Crippen molar-refractivity contribution in [3.63, 3.8) is 0 Å². The third kappa shape index (κ3) is 4.52. The standard InChI is InChI=1S/C32H27Cl2NO2/c1-32(2)16-25-29-24-9-4-3-6-19(24)11-13-27(29)35-31(30(25)28(36)17-32)20-7-5-8-23(14-20)37-18-21-10-12-22(33)15-26(21)34/h3-15,31,35H,16-18H2,1-2H3. The van der Waals surface area contributed by atoms with Gasteiger partial charge in [-0.25, -0.2) is 0 Å². The molecule has 0 radical (unpaired) electrons. The smallest absolute Gasteiger partial charge is 0.162 e. The van der Waals surface area contributed by atoms with Gasteiger partial charge in [0, 0.05) is 38.9 Å².